The van der Waals surface area contributed by atoms with Gasteiger partial charge in [-0.2, -0.15) is 9.97 Å². The molecule has 0 bridgehead atoms. The molecule has 0 saturated heterocycles. The van der Waals surface area contributed by atoms with Crippen molar-refractivity contribution in [2.24, 2.45) is 0 Å². The topological polar surface area (TPSA) is 52.8 Å². The molecular weight excluding hydrogens is 585 g/mol. The average Bonchev–Trinajstić information content (AvgIpc) is 3.68. The standard InChI is InChI=1S/C40H26N4OS/c1-45-33-19-11-18-30-35-34(46-37(30)33)23-21-29-31-24-28(25-12-5-2-6-13-25)20-22-32(31)44(36(29)35)40-42-38(26-14-7-3-8-15-26)41-39(43-40)27-16-9-4-10-17-27/h2-24H,1H3. The molecule has 9 aromatic rings. The minimum atomic E-state index is 0.579. The van der Waals surface area contributed by atoms with Crippen molar-refractivity contribution in [3.05, 3.63) is 140 Å². The summed E-state index contributed by atoms with van der Waals surface area (Å²) >= 11 is 1.75. The van der Waals surface area contributed by atoms with Gasteiger partial charge in [0.05, 0.1) is 22.8 Å². The van der Waals surface area contributed by atoms with E-state index in [0.29, 0.717) is 17.6 Å². The molecule has 6 heteroatoms. The summed E-state index contributed by atoms with van der Waals surface area (Å²) in [5, 5.41) is 4.60. The first kappa shape index (κ1) is 26.5. The highest BCUT2D eigenvalue weighted by Gasteiger charge is 2.22. The van der Waals surface area contributed by atoms with Crippen molar-refractivity contribution in [3.8, 4) is 45.6 Å². The lowest BCUT2D eigenvalue weighted by molar-refractivity contribution is 0.420. The van der Waals surface area contributed by atoms with Crippen LogP contribution in [-0.2, 0) is 0 Å². The number of thiophene rings is 1. The van der Waals surface area contributed by atoms with Crippen molar-refractivity contribution >= 4 is 53.3 Å². The van der Waals surface area contributed by atoms with Gasteiger partial charge in [-0.3, -0.25) is 4.57 Å². The van der Waals surface area contributed by atoms with E-state index in [1.807, 2.05) is 66.7 Å². The van der Waals surface area contributed by atoms with E-state index in [9.17, 15) is 0 Å². The number of nitrogens with zero attached hydrogens (tertiary/aromatic N) is 4. The Balaban J connectivity index is 1.44. The lowest BCUT2D eigenvalue weighted by atomic mass is 10.0. The third kappa shape index (κ3) is 4.19. The Hall–Kier alpha value is -5.85. The second-order valence-corrected chi connectivity index (χ2v) is 12.3. The second kappa shape index (κ2) is 10.6. The van der Waals surface area contributed by atoms with Gasteiger partial charge in [0.1, 0.15) is 5.75 Å². The molecule has 9 rings (SSSR count). The second-order valence-electron chi connectivity index (χ2n) is 11.2. The highest BCUT2D eigenvalue weighted by molar-refractivity contribution is 7.26. The van der Waals surface area contributed by atoms with Crippen LogP contribution in [0.25, 0.3) is 81.8 Å². The van der Waals surface area contributed by atoms with Crippen molar-refractivity contribution in [1.29, 1.82) is 0 Å². The predicted octanol–water partition coefficient (Wildman–Crippen LogP) is 10.3. The zero-order chi connectivity index (χ0) is 30.6. The summed E-state index contributed by atoms with van der Waals surface area (Å²) < 4.78 is 10.3. The fraction of sp³-hybridized carbons (Fsp3) is 0.0250. The number of benzene rings is 6. The van der Waals surface area contributed by atoms with E-state index < -0.39 is 0 Å². The number of rotatable bonds is 5. The van der Waals surface area contributed by atoms with E-state index in [4.69, 9.17) is 19.7 Å². The first-order valence-corrected chi connectivity index (χ1v) is 16.0. The molecule has 5 nitrogen and oxygen atoms in total. The molecule has 0 atom stereocenters. The Bertz CT molecular complexity index is 2500. The zero-order valence-corrected chi connectivity index (χ0v) is 25.7. The van der Waals surface area contributed by atoms with E-state index >= 15 is 0 Å². The van der Waals surface area contributed by atoms with Gasteiger partial charge in [-0.25, -0.2) is 4.98 Å². The van der Waals surface area contributed by atoms with Gasteiger partial charge in [-0.1, -0.05) is 115 Å². The smallest absolute Gasteiger partial charge is 0.238 e. The van der Waals surface area contributed by atoms with Crippen LogP contribution in [0.4, 0.5) is 0 Å². The quantitative estimate of drug-likeness (QED) is 0.195. The van der Waals surface area contributed by atoms with E-state index in [0.717, 1.165) is 59.7 Å². The summed E-state index contributed by atoms with van der Waals surface area (Å²) in [5.74, 6) is 2.71. The maximum atomic E-state index is 5.81. The van der Waals surface area contributed by atoms with Crippen molar-refractivity contribution in [1.82, 2.24) is 19.5 Å². The highest BCUT2D eigenvalue weighted by atomic mass is 32.1. The molecule has 0 aliphatic rings. The summed E-state index contributed by atoms with van der Waals surface area (Å²) in [6, 6.07) is 48.2. The number of fused-ring (bicyclic) bond motifs is 7. The van der Waals surface area contributed by atoms with Gasteiger partial charge in [-0.05, 0) is 35.4 Å². The molecule has 0 radical (unpaired) electrons. The first-order valence-electron chi connectivity index (χ1n) is 15.2. The molecule has 0 spiro atoms. The molecule has 0 fully saturated rings. The van der Waals surface area contributed by atoms with Crippen molar-refractivity contribution < 1.29 is 4.74 Å². The van der Waals surface area contributed by atoms with Gasteiger partial charge < -0.3 is 4.74 Å². The van der Waals surface area contributed by atoms with E-state index in [-0.39, 0.29) is 0 Å². The molecule has 3 aromatic heterocycles. The van der Waals surface area contributed by atoms with Gasteiger partial charge in [0.15, 0.2) is 11.6 Å². The molecule has 0 unspecified atom stereocenters. The maximum absolute atomic E-state index is 5.81. The SMILES string of the molecule is COc1cccc2c1sc1ccc3c4cc(-c5ccccc5)ccc4n(-c4nc(-c5ccccc5)nc(-c5ccccc5)n4)c3c12. The van der Waals surface area contributed by atoms with Crippen LogP contribution < -0.4 is 4.74 Å². The van der Waals surface area contributed by atoms with Gasteiger partial charge in [0, 0.05) is 37.4 Å². The highest BCUT2D eigenvalue weighted by Crippen LogP contribution is 2.45. The van der Waals surface area contributed by atoms with Gasteiger partial charge in [0.2, 0.25) is 5.95 Å². The third-order valence-corrected chi connectivity index (χ3v) is 9.75. The molecule has 3 heterocycles. The minimum absolute atomic E-state index is 0.579. The van der Waals surface area contributed by atoms with Crippen LogP contribution >= 0.6 is 11.3 Å². The Morgan fingerprint density at radius 3 is 1.85 bits per heavy atom. The number of ether oxygens (including phenoxy) is 1. The average molecular weight is 611 g/mol. The fourth-order valence-corrected chi connectivity index (χ4v) is 7.64. The number of methoxy groups -OCH3 is 1. The number of aromatic nitrogens is 4. The Morgan fingerprint density at radius 1 is 0.543 bits per heavy atom. The van der Waals surface area contributed by atoms with Gasteiger partial charge >= 0.3 is 0 Å². The zero-order valence-electron chi connectivity index (χ0n) is 24.9. The molecule has 46 heavy (non-hydrogen) atoms. The van der Waals surface area contributed by atoms with Crippen LogP contribution in [0.5, 0.6) is 5.75 Å². The van der Waals surface area contributed by atoms with Crippen molar-refractivity contribution in [2.75, 3.05) is 7.11 Å². The van der Waals surface area contributed by atoms with Crippen LogP contribution in [-0.4, -0.2) is 26.6 Å². The van der Waals surface area contributed by atoms with E-state index in [1.54, 1.807) is 18.4 Å². The van der Waals surface area contributed by atoms with Crippen LogP contribution in [0.2, 0.25) is 0 Å². The maximum Gasteiger partial charge on any atom is 0.238 e. The molecule has 0 saturated carbocycles. The molecule has 0 amide bonds. The summed E-state index contributed by atoms with van der Waals surface area (Å²) in [6.07, 6.45) is 0. The third-order valence-electron chi connectivity index (χ3n) is 8.57. The molecule has 0 aliphatic heterocycles. The molecule has 218 valence electrons. The minimum Gasteiger partial charge on any atom is -0.495 e. The summed E-state index contributed by atoms with van der Waals surface area (Å²) in [5.41, 5.74) is 6.32. The van der Waals surface area contributed by atoms with Crippen LogP contribution in [0, 0.1) is 0 Å². The molecule has 6 aromatic carbocycles. The lowest BCUT2D eigenvalue weighted by Crippen LogP contribution is -2.06. The predicted molar refractivity (Wildman–Crippen MR) is 190 cm³/mol. The van der Waals surface area contributed by atoms with Crippen LogP contribution in [0.3, 0.4) is 0 Å². The largest absolute Gasteiger partial charge is 0.495 e. The van der Waals surface area contributed by atoms with Crippen molar-refractivity contribution in [3.63, 3.8) is 0 Å². The van der Waals surface area contributed by atoms with E-state index in [2.05, 4.69) is 77.4 Å². The Morgan fingerprint density at radius 2 is 1.20 bits per heavy atom. The van der Waals surface area contributed by atoms with E-state index in [1.165, 1.54) is 10.3 Å². The number of hydrogen-bond acceptors (Lipinski definition) is 5. The normalized spacial score (nSPS) is 11.6. The summed E-state index contributed by atoms with van der Waals surface area (Å²) in [7, 11) is 1.73. The Kier molecular flexibility index (Phi) is 6.14. The molecular formula is C40H26N4OS. The number of hydrogen-bond donors (Lipinski definition) is 0. The van der Waals surface area contributed by atoms with Crippen LogP contribution in [0.15, 0.2) is 140 Å². The monoisotopic (exact) mass is 610 g/mol. The Labute approximate surface area is 269 Å². The van der Waals surface area contributed by atoms with Crippen LogP contribution in [0.1, 0.15) is 0 Å². The first-order chi connectivity index (χ1) is 22.8. The van der Waals surface area contributed by atoms with Gasteiger partial charge in [-0.15, -0.1) is 11.3 Å². The van der Waals surface area contributed by atoms with Crippen molar-refractivity contribution in [2.45, 2.75) is 0 Å². The molecule has 0 aliphatic carbocycles. The molecule has 0 N–H and O–H groups in total. The summed E-state index contributed by atoms with van der Waals surface area (Å²) in [4.78, 5) is 15.3. The summed E-state index contributed by atoms with van der Waals surface area (Å²) in [6.45, 7) is 0. The fourth-order valence-electron chi connectivity index (χ4n) is 6.44. The van der Waals surface area contributed by atoms with Gasteiger partial charge in [0.25, 0.3) is 0 Å². The lowest BCUT2D eigenvalue weighted by Gasteiger charge is -2.11.